The molecule has 1 aromatic carbocycles. The Labute approximate surface area is 135 Å². The number of likely N-dealkylation sites (tertiary alicyclic amines) is 1. The highest BCUT2D eigenvalue weighted by atomic mass is 35.5. The minimum Gasteiger partial charge on any atom is -0.504 e. The molecule has 5 atom stereocenters. The first kappa shape index (κ1) is 14.4. The molecule has 118 valence electrons. The number of nitrogens with zero attached hydrogens (tertiary/aromatic N) is 1. The van der Waals surface area contributed by atoms with Gasteiger partial charge in [0.1, 0.15) is 12.2 Å². The zero-order valence-electron chi connectivity index (χ0n) is 12.4. The summed E-state index contributed by atoms with van der Waals surface area (Å²) in [6, 6.07) is 4.23. The average molecular weight is 322 g/mol. The van der Waals surface area contributed by atoms with Crippen LogP contribution in [0.4, 0.5) is 0 Å². The summed E-state index contributed by atoms with van der Waals surface area (Å²) < 4.78 is 6.09. The van der Waals surface area contributed by atoms with Gasteiger partial charge in [0.2, 0.25) is 0 Å². The Bertz CT molecular complexity index is 676. The van der Waals surface area contributed by atoms with Gasteiger partial charge in [0.25, 0.3) is 0 Å². The van der Waals surface area contributed by atoms with Crippen molar-refractivity contribution in [2.75, 3.05) is 13.6 Å². The summed E-state index contributed by atoms with van der Waals surface area (Å²) in [6.45, 7) is 1.01. The van der Waals surface area contributed by atoms with E-state index in [1.807, 2.05) is 12.1 Å². The zero-order valence-corrected chi connectivity index (χ0v) is 13.2. The summed E-state index contributed by atoms with van der Waals surface area (Å²) in [7, 11) is 2.19. The van der Waals surface area contributed by atoms with Crippen molar-refractivity contribution in [2.45, 2.75) is 36.5 Å². The number of piperidine rings is 1. The number of hydrogen-bond donors (Lipinski definition) is 2. The summed E-state index contributed by atoms with van der Waals surface area (Å²) in [4.78, 5) is 2.43. The second kappa shape index (κ2) is 4.40. The van der Waals surface area contributed by atoms with Crippen LogP contribution in [0.15, 0.2) is 24.3 Å². The normalized spacial score (nSPS) is 40.6. The Hall–Kier alpha value is -1.23. The number of aromatic hydroxyl groups is 1. The van der Waals surface area contributed by atoms with Crippen molar-refractivity contribution in [2.24, 2.45) is 5.92 Å². The zero-order chi connectivity index (χ0) is 14.4. The van der Waals surface area contributed by atoms with Crippen molar-refractivity contribution in [1.29, 1.82) is 0 Å². The number of ether oxygens (including phenoxy) is 1. The van der Waals surface area contributed by atoms with Crippen LogP contribution in [0.1, 0.15) is 17.5 Å². The van der Waals surface area contributed by atoms with Gasteiger partial charge in [-0.1, -0.05) is 18.2 Å². The van der Waals surface area contributed by atoms with E-state index in [1.54, 1.807) is 6.07 Å². The number of aliphatic hydroxyl groups is 1. The van der Waals surface area contributed by atoms with Gasteiger partial charge in [-0.2, -0.15) is 0 Å². The lowest BCUT2D eigenvalue weighted by Crippen LogP contribution is -2.64. The molecule has 1 spiro atoms. The molecule has 2 heterocycles. The van der Waals surface area contributed by atoms with Crippen molar-refractivity contribution in [3.8, 4) is 11.5 Å². The second-order valence-corrected chi connectivity index (χ2v) is 6.93. The fourth-order valence-electron chi connectivity index (χ4n) is 5.24. The number of phenolic OH excluding ortho intramolecular Hbond substituents is 1. The molecule has 4 nitrogen and oxygen atoms in total. The SMILES string of the molecule is CN1CCC23c4c5ccc(O)c4OC2[C@@H](O)C=CC3C1C5.Cl. The molecular formula is C17H20ClNO3. The van der Waals surface area contributed by atoms with Gasteiger partial charge in [0.15, 0.2) is 11.5 Å². The largest absolute Gasteiger partial charge is 0.504 e. The Morgan fingerprint density at radius 1 is 1.32 bits per heavy atom. The van der Waals surface area contributed by atoms with E-state index in [0.29, 0.717) is 17.7 Å². The predicted octanol–water partition coefficient (Wildman–Crippen LogP) is 1.62. The Morgan fingerprint density at radius 2 is 2.14 bits per heavy atom. The molecule has 5 rings (SSSR count). The molecule has 0 amide bonds. The third-order valence-electron chi connectivity index (χ3n) is 6.15. The van der Waals surface area contributed by atoms with E-state index in [-0.39, 0.29) is 29.7 Å². The highest BCUT2D eigenvalue weighted by Gasteiger charge is 2.64. The quantitative estimate of drug-likeness (QED) is 0.713. The van der Waals surface area contributed by atoms with Crippen molar-refractivity contribution < 1.29 is 14.9 Å². The van der Waals surface area contributed by atoms with E-state index in [1.165, 1.54) is 11.1 Å². The van der Waals surface area contributed by atoms with Crippen molar-refractivity contribution in [1.82, 2.24) is 4.90 Å². The van der Waals surface area contributed by atoms with Crippen LogP contribution in [-0.2, 0) is 11.8 Å². The summed E-state index contributed by atoms with van der Waals surface area (Å²) in [5.41, 5.74) is 2.29. The van der Waals surface area contributed by atoms with Crippen LogP contribution < -0.4 is 4.74 Å². The molecule has 2 N–H and O–H groups in total. The Balaban J connectivity index is 0.00000125. The first-order valence-electron chi connectivity index (χ1n) is 7.71. The first-order valence-corrected chi connectivity index (χ1v) is 7.71. The highest BCUT2D eigenvalue weighted by molar-refractivity contribution is 5.85. The van der Waals surface area contributed by atoms with Crippen LogP contribution in [-0.4, -0.2) is 47.0 Å². The summed E-state index contributed by atoms with van der Waals surface area (Å²) in [5.74, 6) is 1.19. The lowest BCUT2D eigenvalue weighted by Gasteiger charge is -2.56. The van der Waals surface area contributed by atoms with Crippen LogP contribution in [0.3, 0.4) is 0 Å². The number of aliphatic hydroxyl groups excluding tert-OH is 1. The number of likely N-dealkylation sites (N-methyl/N-ethyl adjacent to an activating group) is 1. The van der Waals surface area contributed by atoms with Gasteiger partial charge < -0.3 is 19.8 Å². The third kappa shape index (κ3) is 1.41. The fraction of sp³-hybridized carbons (Fsp3) is 0.529. The number of rotatable bonds is 0. The average Bonchev–Trinajstić information content (AvgIpc) is 2.83. The summed E-state index contributed by atoms with van der Waals surface area (Å²) >= 11 is 0. The van der Waals surface area contributed by atoms with E-state index < -0.39 is 6.10 Å². The molecule has 5 heteroatoms. The second-order valence-electron chi connectivity index (χ2n) is 6.93. The van der Waals surface area contributed by atoms with E-state index in [9.17, 15) is 10.2 Å². The lowest BCUT2D eigenvalue weighted by atomic mass is 9.53. The molecule has 2 bridgehead atoms. The minimum absolute atomic E-state index is 0. The maximum Gasteiger partial charge on any atom is 0.165 e. The fourth-order valence-corrected chi connectivity index (χ4v) is 5.24. The smallest absolute Gasteiger partial charge is 0.165 e. The van der Waals surface area contributed by atoms with Gasteiger partial charge in [-0.25, -0.2) is 0 Å². The molecule has 1 saturated heterocycles. The molecule has 4 unspecified atom stereocenters. The van der Waals surface area contributed by atoms with E-state index in [4.69, 9.17) is 4.74 Å². The van der Waals surface area contributed by atoms with Gasteiger partial charge in [0, 0.05) is 22.9 Å². The standard InChI is InChI=1S/C17H19NO3.ClH/c1-18-7-6-17-10-3-5-13(20)16(17)21-15-12(19)4-2-9(14(15)17)8-11(10)18;/h2-5,10-11,13,16,19-20H,6-8H2,1H3;1H/t10?,11?,13-,16?,17?;/m0./s1. The predicted molar refractivity (Wildman–Crippen MR) is 84.8 cm³/mol. The molecule has 1 aromatic rings. The molecule has 1 fully saturated rings. The van der Waals surface area contributed by atoms with Crippen LogP contribution in [0.2, 0.25) is 0 Å². The molecule has 4 aliphatic rings. The number of halogens is 1. The van der Waals surface area contributed by atoms with Crippen LogP contribution in [0, 0.1) is 5.92 Å². The van der Waals surface area contributed by atoms with Gasteiger partial charge in [0.05, 0.1) is 0 Å². The highest BCUT2D eigenvalue weighted by Crippen LogP contribution is 2.62. The van der Waals surface area contributed by atoms with E-state index >= 15 is 0 Å². The summed E-state index contributed by atoms with van der Waals surface area (Å²) in [6.07, 6.45) is 5.18. The molecule has 0 aromatic heterocycles. The molecule has 0 radical (unpaired) electrons. The van der Waals surface area contributed by atoms with Crippen LogP contribution in [0.5, 0.6) is 11.5 Å². The molecule has 22 heavy (non-hydrogen) atoms. The van der Waals surface area contributed by atoms with Gasteiger partial charge in [-0.15, -0.1) is 12.4 Å². The van der Waals surface area contributed by atoms with Gasteiger partial charge in [-0.3, -0.25) is 0 Å². The first-order chi connectivity index (χ1) is 10.1. The molecule has 2 aliphatic carbocycles. The number of benzene rings is 1. The topological polar surface area (TPSA) is 52.9 Å². The monoisotopic (exact) mass is 321 g/mol. The third-order valence-corrected chi connectivity index (χ3v) is 6.15. The number of phenols is 1. The Kier molecular flexibility index (Phi) is 2.88. The van der Waals surface area contributed by atoms with Crippen LogP contribution >= 0.6 is 12.4 Å². The van der Waals surface area contributed by atoms with Crippen LogP contribution in [0.25, 0.3) is 0 Å². The van der Waals surface area contributed by atoms with Crippen molar-refractivity contribution in [3.05, 3.63) is 35.4 Å². The summed E-state index contributed by atoms with van der Waals surface area (Å²) in [5, 5.41) is 20.6. The van der Waals surface area contributed by atoms with Gasteiger partial charge >= 0.3 is 0 Å². The lowest BCUT2D eigenvalue weighted by molar-refractivity contribution is -0.0453. The van der Waals surface area contributed by atoms with E-state index in [0.717, 1.165) is 19.4 Å². The van der Waals surface area contributed by atoms with Crippen molar-refractivity contribution in [3.63, 3.8) is 0 Å². The number of hydrogen-bond acceptors (Lipinski definition) is 4. The van der Waals surface area contributed by atoms with Gasteiger partial charge in [-0.05, 0) is 38.1 Å². The maximum atomic E-state index is 10.4. The maximum absolute atomic E-state index is 10.4. The molecule has 0 saturated carbocycles. The minimum atomic E-state index is -0.594. The molecule has 2 aliphatic heterocycles. The Morgan fingerprint density at radius 3 is 2.95 bits per heavy atom. The molecular weight excluding hydrogens is 302 g/mol. The van der Waals surface area contributed by atoms with Crippen molar-refractivity contribution >= 4 is 12.4 Å². The van der Waals surface area contributed by atoms with E-state index in [2.05, 4.69) is 18.0 Å².